The molecule has 2 aliphatic heterocycles. The highest BCUT2D eigenvalue weighted by atomic mass is 16.5. The number of ether oxygens (including phenoxy) is 2. The molecule has 0 aromatic carbocycles. The molecule has 1 aromatic heterocycles. The van der Waals surface area contributed by atoms with E-state index in [-0.39, 0.29) is 5.54 Å². The normalized spacial score (nSPS) is 28.4. The highest BCUT2D eigenvalue weighted by Crippen LogP contribution is 2.23. The molecular weight excluding hydrogens is 256 g/mol. The molecule has 112 valence electrons. The van der Waals surface area contributed by atoms with Gasteiger partial charge >= 0.3 is 0 Å². The minimum absolute atomic E-state index is 0.0211. The molecule has 0 bridgehead atoms. The van der Waals surface area contributed by atoms with Gasteiger partial charge < -0.3 is 9.47 Å². The van der Waals surface area contributed by atoms with Gasteiger partial charge in [-0.15, -0.1) is 5.10 Å². The van der Waals surface area contributed by atoms with Crippen LogP contribution in [0.1, 0.15) is 32.9 Å². The van der Waals surface area contributed by atoms with E-state index >= 15 is 0 Å². The molecule has 2 aliphatic rings. The van der Waals surface area contributed by atoms with Crippen molar-refractivity contribution in [2.75, 3.05) is 26.4 Å². The molecule has 20 heavy (non-hydrogen) atoms. The molecule has 0 saturated carbocycles. The maximum absolute atomic E-state index is 5.85. The van der Waals surface area contributed by atoms with Crippen molar-refractivity contribution in [2.24, 2.45) is 0 Å². The Hall–Kier alpha value is -0.980. The molecule has 6 nitrogen and oxygen atoms in total. The highest BCUT2D eigenvalue weighted by Gasteiger charge is 2.35. The van der Waals surface area contributed by atoms with Crippen LogP contribution in [0.4, 0.5) is 0 Å². The van der Waals surface area contributed by atoms with Crippen LogP contribution in [-0.2, 0) is 21.6 Å². The summed E-state index contributed by atoms with van der Waals surface area (Å²) in [6, 6.07) is 0.359. The summed E-state index contributed by atoms with van der Waals surface area (Å²) in [7, 11) is 0. The Morgan fingerprint density at radius 1 is 1.35 bits per heavy atom. The lowest BCUT2D eigenvalue weighted by atomic mass is 10.0. The minimum atomic E-state index is -0.0211. The van der Waals surface area contributed by atoms with Crippen LogP contribution in [0.25, 0.3) is 0 Å². The molecule has 0 spiro atoms. The highest BCUT2D eigenvalue weighted by molar-refractivity contribution is 4.97. The van der Waals surface area contributed by atoms with E-state index in [0.29, 0.717) is 12.1 Å². The largest absolute Gasteiger partial charge is 0.380 e. The zero-order chi connectivity index (χ0) is 14.2. The summed E-state index contributed by atoms with van der Waals surface area (Å²) >= 11 is 0. The molecule has 2 fully saturated rings. The Balaban J connectivity index is 1.68. The average molecular weight is 280 g/mol. The van der Waals surface area contributed by atoms with E-state index in [1.807, 2.05) is 10.9 Å². The zero-order valence-electron chi connectivity index (χ0n) is 12.6. The lowest BCUT2D eigenvalue weighted by Crippen LogP contribution is -2.55. The molecule has 2 atom stereocenters. The summed E-state index contributed by atoms with van der Waals surface area (Å²) in [5, 5.41) is 8.54. The molecule has 0 amide bonds. The first-order valence-electron chi connectivity index (χ1n) is 7.39. The van der Waals surface area contributed by atoms with Gasteiger partial charge in [-0.2, -0.15) is 0 Å². The summed E-state index contributed by atoms with van der Waals surface area (Å²) in [4.78, 5) is 2.42. The van der Waals surface area contributed by atoms with Gasteiger partial charge in [0.15, 0.2) is 0 Å². The van der Waals surface area contributed by atoms with E-state index in [0.717, 1.165) is 45.0 Å². The number of hydrogen-bond donors (Lipinski definition) is 0. The number of aromatic nitrogens is 3. The number of rotatable bonds is 2. The number of fused-ring (bicyclic) bond motifs is 1. The first kappa shape index (κ1) is 14.0. The van der Waals surface area contributed by atoms with Crippen LogP contribution < -0.4 is 0 Å². The second-order valence-corrected chi connectivity index (χ2v) is 6.64. The summed E-state index contributed by atoms with van der Waals surface area (Å²) in [5.41, 5.74) is 0.998. The van der Waals surface area contributed by atoms with Crippen molar-refractivity contribution in [2.45, 2.75) is 51.4 Å². The van der Waals surface area contributed by atoms with E-state index in [1.165, 1.54) is 0 Å². The van der Waals surface area contributed by atoms with Crippen LogP contribution in [0.3, 0.4) is 0 Å². The van der Waals surface area contributed by atoms with Crippen molar-refractivity contribution in [3.8, 4) is 0 Å². The van der Waals surface area contributed by atoms with Gasteiger partial charge in [-0.25, -0.2) is 4.68 Å². The van der Waals surface area contributed by atoms with Gasteiger partial charge in [-0.1, -0.05) is 5.21 Å². The van der Waals surface area contributed by atoms with Crippen LogP contribution in [0.2, 0.25) is 0 Å². The Kier molecular flexibility index (Phi) is 3.79. The van der Waals surface area contributed by atoms with E-state index in [1.54, 1.807) is 0 Å². The lowest BCUT2D eigenvalue weighted by Gasteiger charge is -2.43. The van der Waals surface area contributed by atoms with Gasteiger partial charge in [0.1, 0.15) is 0 Å². The van der Waals surface area contributed by atoms with Gasteiger partial charge in [0.25, 0.3) is 0 Å². The monoisotopic (exact) mass is 280 g/mol. The Bertz CT molecular complexity index is 452. The average Bonchev–Trinajstić information content (AvgIpc) is 2.88. The quantitative estimate of drug-likeness (QED) is 0.809. The zero-order valence-corrected chi connectivity index (χ0v) is 12.6. The maximum Gasteiger partial charge on any atom is 0.0967 e. The first-order chi connectivity index (χ1) is 9.54. The van der Waals surface area contributed by atoms with E-state index in [9.17, 15) is 0 Å². The van der Waals surface area contributed by atoms with E-state index in [2.05, 4.69) is 36.0 Å². The number of hydrogen-bond acceptors (Lipinski definition) is 5. The second kappa shape index (κ2) is 5.42. The first-order valence-corrected chi connectivity index (χ1v) is 7.39. The van der Waals surface area contributed by atoms with Gasteiger partial charge in [0, 0.05) is 19.7 Å². The molecule has 2 saturated heterocycles. The Morgan fingerprint density at radius 3 is 2.95 bits per heavy atom. The van der Waals surface area contributed by atoms with Crippen LogP contribution in [0.15, 0.2) is 6.20 Å². The molecule has 0 aliphatic carbocycles. The number of nitrogens with zero attached hydrogens (tertiary/aromatic N) is 4. The third-order valence-electron chi connectivity index (χ3n) is 4.04. The standard InChI is InChI=1S/C14H24N4O2/c1-14(2,3)18-9-11(15-16-18)8-17-5-7-20-13-4-6-19-10-12(13)17/h9,12-13H,4-8,10H2,1-3H3. The van der Waals surface area contributed by atoms with Crippen molar-refractivity contribution in [3.05, 3.63) is 11.9 Å². The Labute approximate surface area is 120 Å². The number of morpholine rings is 1. The van der Waals surface area contributed by atoms with Crippen molar-refractivity contribution in [3.63, 3.8) is 0 Å². The van der Waals surface area contributed by atoms with Crippen molar-refractivity contribution >= 4 is 0 Å². The molecule has 0 N–H and O–H groups in total. The third kappa shape index (κ3) is 2.87. The molecule has 3 rings (SSSR count). The van der Waals surface area contributed by atoms with E-state index < -0.39 is 0 Å². The van der Waals surface area contributed by atoms with Gasteiger partial charge in [0.05, 0.1) is 42.8 Å². The summed E-state index contributed by atoms with van der Waals surface area (Å²) < 4.78 is 13.4. The smallest absolute Gasteiger partial charge is 0.0967 e. The van der Waals surface area contributed by atoms with Crippen LogP contribution in [0.5, 0.6) is 0 Å². The molecule has 6 heteroatoms. The molecule has 1 aromatic rings. The predicted molar refractivity (Wildman–Crippen MR) is 74.4 cm³/mol. The van der Waals surface area contributed by atoms with Crippen molar-refractivity contribution in [1.29, 1.82) is 0 Å². The summed E-state index contributed by atoms with van der Waals surface area (Å²) in [6.07, 6.45) is 3.36. The van der Waals surface area contributed by atoms with Gasteiger partial charge in [-0.05, 0) is 27.2 Å². The van der Waals surface area contributed by atoms with Crippen LogP contribution in [-0.4, -0.2) is 58.4 Å². The van der Waals surface area contributed by atoms with Crippen molar-refractivity contribution < 1.29 is 9.47 Å². The van der Waals surface area contributed by atoms with Crippen molar-refractivity contribution in [1.82, 2.24) is 19.9 Å². The Morgan fingerprint density at radius 2 is 2.20 bits per heavy atom. The third-order valence-corrected chi connectivity index (χ3v) is 4.04. The molecule has 2 unspecified atom stereocenters. The van der Waals surface area contributed by atoms with Gasteiger partial charge in [0.2, 0.25) is 0 Å². The SMILES string of the molecule is CC(C)(C)n1cc(CN2CCOC3CCOCC32)nn1. The van der Waals surface area contributed by atoms with Crippen LogP contribution in [0, 0.1) is 0 Å². The minimum Gasteiger partial charge on any atom is -0.380 e. The second-order valence-electron chi connectivity index (χ2n) is 6.64. The molecule has 3 heterocycles. The fraction of sp³-hybridized carbons (Fsp3) is 0.857. The van der Waals surface area contributed by atoms with Gasteiger partial charge in [-0.3, -0.25) is 4.90 Å². The topological polar surface area (TPSA) is 52.4 Å². The molecular formula is C14H24N4O2. The summed E-state index contributed by atoms with van der Waals surface area (Å²) in [6.45, 7) is 10.5. The fourth-order valence-electron chi connectivity index (χ4n) is 2.83. The fourth-order valence-corrected chi connectivity index (χ4v) is 2.83. The van der Waals surface area contributed by atoms with Crippen LogP contribution >= 0.6 is 0 Å². The molecule has 0 radical (unpaired) electrons. The maximum atomic E-state index is 5.85. The predicted octanol–water partition coefficient (Wildman–Crippen LogP) is 1.02. The lowest BCUT2D eigenvalue weighted by molar-refractivity contribution is -0.134. The summed E-state index contributed by atoms with van der Waals surface area (Å²) in [5.74, 6) is 0. The van der Waals surface area contributed by atoms with E-state index in [4.69, 9.17) is 9.47 Å².